The second-order valence-corrected chi connectivity index (χ2v) is 8.79. The first-order valence-electron chi connectivity index (χ1n) is 10.3. The number of benzene rings is 2. The molecule has 2 aromatic carbocycles. The van der Waals surface area contributed by atoms with E-state index in [2.05, 4.69) is 5.32 Å². The number of nitrogens with one attached hydrogen (secondary N) is 1. The molecular formula is C22H33N5O3S. The summed E-state index contributed by atoms with van der Waals surface area (Å²) >= 11 is 1.12. The molecule has 0 aliphatic carbocycles. The maximum atomic E-state index is 11.9. The zero-order valence-corrected chi connectivity index (χ0v) is 18.8. The minimum atomic E-state index is -0.934. The van der Waals surface area contributed by atoms with Crippen molar-refractivity contribution in [2.75, 3.05) is 25.4 Å². The first kappa shape index (κ1) is 25.1. The van der Waals surface area contributed by atoms with Crippen molar-refractivity contribution in [1.29, 1.82) is 0 Å². The average Bonchev–Trinajstić information content (AvgIpc) is 2.74. The van der Waals surface area contributed by atoms with Crippen LogP contribution in [0.2, 0.25) is 0 Å². The number of nitrogens with zero attached hydrogens (tertiary/aromatic N) is 2. The van der Waals surface area contributed by atoms with Gasteiger partial charge < -0.3 is 21.9 Å². The van der Waals surface area contributed by atoms with E-state index < -0.39 is 12.1 Å². The van der Waals surface area contributed by atoms with Crippen LogP contribution in [0.15, 0.2) is 59.5 Å². The molecule has 31 heavy (non-hydrogen) atoms. The van der Waals surface area contributed by atoms with Crippen molar-refractivity contribution < 1.29 is 15.1 Å². The van der Waals surface area contributed by atoms with Gasteiger partial charge in [0.25, 0.3) is 0 Å². The van der Waals surface area contributed by atoms with Crippen molar-refractivity contribution in [1.82, 2.24) is 14.9 Å². The summed E-state index contributed by atoms with van der Waals surface area (Å²) < 4.78 is 1.03. The lowest BCUT2D eigenvalue weighted by Gasteiger charge is -2.34. The fourth-order valence-corrected chi connectivity index (χ4v) is 3.77. The number of amides is 1. The number of aliphatic hydroxyl groups is 1. The first-order chi connectivity index (χ1) is 14.8. The quantitative estimate of drug-likeness (QED) is 0.190. The van der Waals surface area contributed by atoms with E-state index in [1.54, 1.807) is 17.1 Å². The Labute approximate surface area is 188 Å². The lowest BCUT2D eigenvalue weighted by atomic mass is 10.0. The number of hydrogen-bond donors (Lipinski definition) is 5. The molecular weight excluding hydrogens is 414 g/mol. The van der Waals surface area contributed by atoms with E-state index in [9.17, 15) is 15.1 Å². The minimum Gasteiger partial charge on any atom is -0.399 e. The number of carbonyl (C=O) groups is 1. The molecule has 0 aromatic heterocycles. The normalized spacial score (nSPS) is 13.5. The van der Waals surface area contributed by atoms with Gasteiger partial charge in [-0.15, -0.1) is 0 Å². The summed E-state index contributed by atoms with van der Waals surface area (Å²) in [5.74, 6) is -0.104. The second-order valence-electron chi connectivity index (χ2n) is 7.81. The number of carbonyl (C=O) groups excluding carboxylic acids is 1. The van der Waals surface area contributed by atoms with E-state index in [1.807, 2.05) is 56.3 Å². The molecule has 8 nitrogen and oxygen atoms in total. The molecule has 0 saturated carbocycles. The van der Waals surface area contributed by atoms with Gasteiger partial charge in [-0.3, -0.25) is 10.0 Å². The number of aliphatic hydroxyl groups excluding tert-OH is 1. The average molecular weight is 448 g/mol. The zero-order valence-electron chi connectivity index (χ0n) is 18.0. The second kappa shape index (κ2) is 12.7. The number of nitrogen functional groups attached to an aromatic ring is 1. The summed E-state index contributed by atoms with van der Waals surface area (Å²) in [6, 6.07) is 16.2. The molecule has 0 heterocycles. The Balaban J connectivity index is 2.12. The minimum absolute atomic E-state index is 0.124. The summed E-state index contributed by atoms with van der Waals surface area (Å²) in [5.41, 5.74) is 12.8. The SMILES string of the molecule is CC(C)CN(CC(O)C(Cc1ccccc1)NC(=O)CN)N(O)Sc1ccc(N)cc1. The summed E-state index contributed by atoms with van der Waals surface area (Å²) in [4.78, 5) is 12.8. The highest BCUT2D eigenvalue weighted by Crippen LogP contribution is 2.24. The van der Waals surface area contributed by atoms with Crippen LogP contribution in [-0.2, 0) is 11.2 Å². The number of hydrazine groups is 1. The van der Waals surface area contributed by atoms with Crippen LogP contribution in [0.5, 0.6) is 0 Å². The molecule has 2 aromatic rings. The van der Waals surface area contributed by atoms with Crippen molar-refractivity contribution in [3.8, 4) is 0 Å². The lowest BCUT2D eigenvalue weighted by molar-refractivity contribution is -0.174. The third-order valence-electron chi connectivity index (χ3n) is 4.58. The Morgan fingerprint density at radius 3 is 2.32 bits per heavy atom. The van der Waals surface area contributed by atoms with Gasteiger partial charge in [0.05, 0.1) is 18.7 Å². The Hall–Kier alpha value is -2.14. The van der Waals surface area contributed by atoms with Gasteiger partial charge in [-0.2, -0.15) is 0 Å². The molecule has 0 saturated heterocycles. The van der Waals surface area contributed by atoms with Gasteiger partial charge in [-0.05, 0) is 42.2 Å². The van der Waals surface area contributed by atoms with Crippen molar-refractivity contribution in [3.05, 3.63) is 60.2 Å². The first-order valence-corrected chi connectivity index (χ1v) is 11.0. The summed E-state index contributed by atoms with van der Waals surface area (Å²) in [6.45, 7) is 4.53. The molecule has 0 radical (unpaired) electrons. The zero-order chi connectivity index (χ0) is 22.8. The predicted octanol–water partition coefficient (Wildman–Crippen LogP) is 1.89. The fourth-order valence-electron chi connectivity index (χ4n) is 3.08. The van der Waals surface area contributed by atoms with Crippen LogP contribution in [0.4, 0.5) is 5.69 Å². The van der Waals surface area contributed by atoms with Crippen LogP contribution < -0.4 is 16.8 Å². The molecule has 2 unspecified atom stereocenters. The summed E-state index contributed by atoms with van der Waals surface area (Å²) in [7, 11) is 0. The molecule has 0 spiro atoms. The Bertz CT molecular complexity index is 791. The van der Waals surface area contributed by atoms with E-state index in [0.717, 1.165) is 27.0 Å². The number of rotatable bonds is 12. The molecule has 2 rings (SSSR count). The van der Waals surface area contributed by atoms with Gasteiger partial charge in [0.1, 0.15) is 0 Å². The van der Waals surface area contributed by atoms with Crippen LogP contribution in [0.25, 0.3) is 0 Å². The Morgan fingerprint density at radius 2 is 1.74 bits per heavy atom. The maximum absolute atomic E-state index is 11.9. The third-order valence-corrected chi connectivity index (χ3v) is 5.45. The van der Waals surface area contributed by atoms with Crippen LogP contribution in [-0.4, -0.2) is 57.6 Å². The number of anilines is 1. The maximum Gasteiger partial charge on any atom is 0.234 e. The highest BCUT2D eigenvalue weighted by Gasteiger charge is 2.27. The van der Waals surface area contributed by atoms with Gasteiger partial charge in [-0.25, -0.2) is 5.01 Å². The van der Waals surface area contributed by atoms with Crippen LogP contribution in [0.3, 0.4) is 0 Å². The van der Waals surface area contributed by atoms with E-state index in [-0.39, 0.29) is 24.9 Å². The molecule has 0 aliphatic rings. The van der Waals surface area contributed by atoms with Crippen molar-refractivity contribution in [2.24, 2.45) is 11.7 Å². The van der Waals surface area contributed by atoms with Gasteiger partial charge in [0, 0.05) is 35.6 Å². The topological polar surface area (TPSA) is 128 Å². The Kier molecular flexibility index (Phi) is 10.3. The van der Waals surface area contributed by atoms with E-state index in [0.29, 0.717) is 18.7 Å². The smallest absolute Gasteiger partial charge is 0.234 e. The summed E-state index contributed by atoms with van der Waals surface area (Å²) in [5, 5.41) is 26.2. The van der Waals surface area contributed by atoms with E-state index in [4.69, 9.17) is 11.5 Å². The molecule has 0 fully saturated rings. The molecule has 9 heteroatoms. The van der Waals surface area contributed by atoms with Crippen LogP contribution in [0.1, 0.15) is 19.4 Å². The molecule has 0 bridgehead atoms. The molecule has 7 N–H and O–H groups in total. The molecule has 2 atom stereocenters. The van der Waals surface area contributed by atoms with Gasteiger partial charge in [0.2, 0.25) is 5.91 Å². The molecule has 1 amide bonds. The highest BCUT2D eigenvalue weighted by molar-refractivity contribution is 7.96. The fraction of sp³-hybridized carbons (Fsp3) is 0.409. The van der Waals surface area contributed by atoms with Crippen LogP contribution >= 0.6 is 11.9 Å². The van der Waals surface area contributed by atoms with E-state index >= 15 is 0 Å². The van der Waals surface area contributed by atoms with Gasteiger partial charge in [0.15, 0.2) is 0 Å². The van der Waals surface area contributed by atoms with Crippen LogP contribution in [0, 0.1) is 5.92 Å². The van der Waals surface area contributed by atoms with Gasteiger partial charge in [-0.1, -0.05) is 48.8 Å². The molecule has 170 valence electrons. The standard InChI is InChI=1S/C22H33N5O3S/c1-16(2)14-26(27(30)31-19-10-8-18(24)9-11-19)15-21(28)20(25-22(29)13-23)12-17-6-4-3-5-7-17/h3-11,16,20-21,28,30H,12-15,23-24H2,1-2H3,(H,25,29). The molecule has 0 aliphatic heterocycles. The van der Waals surface area contributed by atoms with Gasteiger partial charge >= 0.3 is 0 Å². The number of nitrogens with two attached hydrogens (primary N) is 2. The van der Waals surface area contributed by atoms with Crippen molar-refractivity contribution in [2.45, 2.75) is 37.3 Å². The lowest BCUT2D eigenvalue weighted by Crippen LogP contribution is -2.53. The largest absolute Gasteiger partial charge is 0.399 e. The highest BCUT2D eigenvalue weighted by atomic mass is 32.2. The monoisotopic (exact) mass is 447 g/mol. The van der Waals surface area contributed by atoms with Crippen molar-refractivity contribution in [3.63, 3.8) is 0 Å². The Morgan fingerprint density at radius 1 is 1.10 bits per heavy atom. The predicted molar refractivity (Wildman–Crippen MR) is 124 cm³/mol. The third kappa shape index (κ3) is 8.86. The summed E-state index contributed by atoms with van der Waals surface area (Å²) in [6.07, 6.45) is -0.490. The number of hydrogen-bond acceptors (Lipinski definition) is 8. The van der Waals surface area contributed by atoms with E-state index in [1.165, 1.54) is 0 Å². The van der Waals surface area contributed by atoms with Crippen molar-refractivity contribution >= 4 is 23.5 Å².